The lowest BCUT2D eigenvalue weighted by Gasteiger charge is -2.41. The van der Waals surface area contributed by atoms with Crippen molar-refractivity contribution in [2.45, 2.75) is 12.5 Å². The Morgan fingerprint density at radius 2 is 2.11 bits per heavy atom. The molecule has 1 aliphatic heterocycles. The Kier molecular flexibility index (Phi) is 4.87. The van der Waals surface area contributed by atoms with Crippen molar-refractivity contribution < 1.29 is 0 Å². The van der Waals surface area contributed by atoms with Crippen LogP contribution in [0.15, 0.2) is 24.3 Å². The molecule has 0 aromatic heterocycles. The summed E-state index contributed by atoms with van der Waals surface area (Å²) in [6, 6.07) is 8.73. The summed E-state index contributed by atoms with van der Waals surface area (Å²) in [4.78, 5) is 4.85. The first-order chi connectivity index (χ1) is 8.72. The van der Waals surface area contributed by atoms with Gasteiger partial charge in [0, 0.05) is 25.7 Å². The van der Waals surface area contributed by atoms with Gasteiger partial charge in [0.15, 0.2) is 0 Å². The van der Waals surface area contributed by atoms with Crippen LogP contribution in [0.1, 0.15) is 6.42 Å². The van der Waals surface area contributed by atoms with Gasteiger partial charge in [0.25, 0.3) is 0 Å². The molecule has 0 amide bonds. The van der Waals surface area contributed by atoms with Crippen LogP contribution >= 0.6 is 11.6 Å². The van der Waals surface area contributed by atoms with Crippen LogP contribution in [0, 0.1) is 0 Å². The number of hydrogen-bond acceptors (Lipinski definition) is 3. The van der Waals surface area contributed by atoms with E-state index in [1.165, 1.54) is 12.1 Å². The predicted molar refractivity (Wildman–Crippen MR) is 78.6 cm³/mol. The van der Waals surface area contributed by atoms with Crippen LogP contribution in [0.5, 0.6) is 0 Å². The zero-order valence-electron chi connectivity index (χ0n) is 11.2. The zero-order chi connectivity index (χ0) is 13.0. The molecule has 4 heteroatoms. The van der Waals surface area contributed by atoms with Gasteiger partial charge >= 0.3 is 0 Å². The van der Waals surface area contributed by atoms with Crippen LogP contribution in [-0.4, -0.2) is 51.2 Å². The number of piperazine rings is 1. The van der Waals surface area contributed by atoms with Crippen LogP contribution in [0.2, 0.25) is 5.02 Å². The zero-order valence-corrected chi connectivity index (χ0v) is 12.0. The van der Waals surface area contributed by atoms with Gasteiger partial charge in [-0.2, -0.15) is 0 Å². The maximum absolute atomic E-state index is 6.28. The minimum atomic E-state index is 0.600. The number of halogens is 1. The van der Waals surface area contributed by atoms with Crippen LogP contribution in [-0.2, 0) is 0 Å². The van der Waals surface area contributed by atoms with Crippen molar-refractivity contribution in [3.63, 3.8) is 0 Å². The summed E-state index contributed by atoms with van der Waals surface area (Å²) in [5.41, 5.74) is 1.17. The molecule has 1 aromatic carbocycles. The lowest BCUT2D eigenvalue weighted by molar-refractivity contribution is 0.208. The fourth-order valence-electron chi connectivity index (χ4n) is 2.50. The van der Waals surface area contributed by atoms with Gasteiger partial charge in [-0.25, -0.2) is 0 Å². The molecule has 1 heterocycles. The monoisotopic (exact) mass is 267 g/mol. The van der Waals surface area contributed by atoms with Crippen molar-refractivity contribution in [1.29, 1.82) is 0 Å². The molecule has 18 heavy (non-hydrogen) atoms. The van der Waals surface area contributed by atoms with Crippen molar-refractivity contribution in [1.82, 2.24) is 10.2 Å². The number of rotatable bonds is 4. The smallest absolute Gasteiger partial charge is 0.0639 e. The number of hydrogen-bond donors (Lipinski definition) is 1. The molecule has 1 fully saturated rings. The van der Waals surface area contributed by atoms with Crippen molar-refractivity contribution in [3.05, 3.63) is 29.3 Å². The van der Waals surface area contributed by atoms with Crippen LogP contribution < -0.4 is 10.2 Å². The molecule has 0 bridgehead atoms. The Morgan fingerprint density at radius 1 is 1.33 bits per heavy atom. The van der Waals surface area contributed by atoms with Gasteiger partial charge in [-0.15, -0.1) is 0 Å². The van der Waals surface area contributed by atoms with E-state index in [-0.39, 0.29) is 0 Å². The van der Waals surface area contributed by atoms with Gasteiger partial charge < -0.3 is 10.2 Å². The number of nitrogens with one attached hydrogen (secondary N) is 1. The molecule has 3 nitrogen and oxygen atoms in total. The molecule has 100 valence electrons. The Balaban J connectivity index is 2.05. The van der Waals surface area contributed by atoms with Gasteiger partial charge in [0.2, 0.25) is 0 Å². The van der Waals surface area contributed by atoms with Crippen LogP contribution in [0.4, 0.5) is 5.69 Å². The molecule has 1 atom stereocenters. The average Bonchev–Trinajstić information content (AvgIpc) is 2.39. The van der Waals surface area contributed by atoms with E-state index < -0.39 is 0 Å². The maximum Gasteiger partial charge on any atom is 0.0639 e. The summed E-state index contributed by atoms with van der Waals surface area (Å²) < 4.78 is 0. The minimum absolute atomic E-state index is 0.600. The van der Waals surface area contributed by atoms with Crippen molar-refractivity contribution in [2.24, 2.45) is 0 Å². The lowest BCUT2D eigenvalue weighted by atomic mass is 10.1. The summed E-state index contributed by atoms with van der Waals surface area (Å²) in [5.74, 6) is 0. The molecular weight excluding hydrogens is 246 g/mol. The van der Waals surface area contributed by atoms with E-state index in [0.29, 0.717) is 6.04 Å². The number of anilines is 1. The molecule has 1 unspecified atom stereocenters. The molecule has 1 saturated heterocycles. The maximum atomic E-state index is 6.28. The summed E-state index contributed by atoms with van der Waals surface area (Å²) in [7, 11) is 4.22. The van der Waals surface area contributed by atoms with E-state index in [0.717, 1.165) is 31.2 Å². The third kappa shape index (κ3) is 3.16. The SMILES string of the molecule is CNCCC1CN(c2ccccc2Cl)CCN1C. The highest BCUT2D eigenvalue weighted by Gasteiger charge is 2.24. The van der Waals surface area contributed by atoms with E-state index in [4.69, 9.17) is 11.6 Å². The average molecular weight is 268 g/mol. The van der Waals surface area contributed by atoms with Gasteiger partial charge in [0.1, 0.15) is 0 Å². The molecule has 1 aromatic rings. The van der Waals surface area contributed by atoms with E-state index in [1.54, 1.807) is 0 Å². The van der Waals surface area contributed by atoms with Gasteiger partial charge in [0.05, 0.1) is 10.7 Å². The number of nitrogens with zero attached hydrogens (tertiary/aromatic N) is 2. The Morgan fingerprint density at radius 3 is 2.83 bits per heavy atom. The Labute approximate surface area is 115 Å². The topological polar surface area (TPSA) is 18.5 Å². The van der Waals surface area contributed by atoms with E-state index in [9.17, 15) is 0 Å². The van der Waals surface area contributed by atoms with Gasteiger partial charge in [-0.1, -0.05) is 23.7 Å². The van der Waals surface area contributed by atoms with Crippen LogP contribution in [0.3, 0.4) is 0 Å². The second-order valence-corrected chi connectivity index (χ2v) is 5.33. The molecule has 1 aliphatic rings. The second-order valence-electron chi connectivity index (χ2n) is 4.92. The fourth-order valence-corrected chi connectivity index (χ4v) is 2.75. The van der Waals surface area contributed by atoms with Gasteiger partial charge in [-0.05, 0) is 39.2 Å². The first-order valence-corrected chi connectivity index (χ1v) is 6.94. The van der Waals surface area contributed by atoms with Crippen molar-refractivity contribution in [3.8, 4) is 0 Å². The Hall–Kier alpha value is -0.770. The van der Waals surface area contributed by atoms with E-state index in [1.807, 2.05) is 19.2 Å². The Bertz CT molecular complexity index is 383. The van der Waals surface area contributed by atoms with Crippen molar-refractivity contribution >= 4 is 17.3 Å². The fraction of sp³-hybridized carbons (Fsp3) is 0.571. The third-order valence-electron chi connectivity index (χ3n) is 3.70. The second kappa shape index (κ2) is 6.41. The molecule has 0 saturated carbocycles. The van der Waals surface area contributed by atoms with E-state index >= 15 is 0 Å². The summed E-state index contributed by atoms with van der Waals surface area (Å²) in [6.45, 7) is 4.27. The molecular formula is C14H22ClN3. The third-order valence-corrected chi connectivity index (χ3v) is 4.02. The summed E-state index contributed by atoms with van der Waals surface area (Å²) in [5, 5.41) is 4.09. The quantitative estimate of drug-likeness (QED) is 0.901. The number of likely N-dealkylation sites (N-methyl/N-ethyl adjacent to an activating group) is 1. The highest BCUT2D eigenvalue weighted by atomic mass is 35.5. The van der Waals surface area contributed by atoms with Crippen LogP contribution in [0.25, 0.3) is 0 Å². The number of benzene rings is 1. The molecule has 0 aliphatic carbocycles. The predicted octanol–water partition coefficient (Wildman–Crippen LogP) is 2.07. The molecule has 0 spiro atoms. The summed E-state index contributed by atoms with van der Waals surface area (Å²) in [6.07, 6.45) is 1.17. The molecule has 1 N–H and O–H groups in total. The minimum Gasteiger partial charge on any atom is -0.367 e. The first-order valence-electron chi connectivity index (χ1n) is 6.56. The highest BCUT2D eigenvalue weighted by Crippen LogP contribution is 2.27. The molecule has 2 rings (SSSR count). The standard InChI is InChI=1S/C14H22ClN3/c1-16-8-7-12-11-18(10-9-17(12)2)14-6-4-3-5-13(14)15/h3-6,12,16H,7-11H2,1-2H3. The largest absolute Gasteiger partial charge is 0.367 e. The summed E-state index contributed by atoms with van der Waals surface area (Å²) >= 11 is 6.28. The van der Waals surface area contributed by atoms with Crippen molar-refractivity contribution in [2.75, 3.05) is 45.2 Å². The highest BCUT2D eigenvalue weighted by molar-refractivity contribution is 6.33. The number of para-hydroxylation sites is 1. The normalized spacial score (nSPS) is 21.3. The van der Waals surface area contributed by atoms with E-state index in [2.05, 4.69) is 34.3 Å². The lowest BCUT2D eigenvalue weighted by Crippen LogP contribution is -2.52. The molecule has 0 radical (unpaired) electrons. The first kappa shape index (κ1) is 13.7. The van der Waals surface area contributed by atoms with Gasteiger partial charge in [-0.3, -0.25) is 4.90 Å².